The molecule has 0 fully saturated rings. The van der Waals surface area contributed by atoms with E-state index in [-0.39, 0.29) is 10.8 Å². The first kappa shape index (κ1) is 7.62. The van der Waals surface area contributed by atoms with Crippen molar-refractivity contribution in [1.82, 2.24) is 4.98 Å². The van der Waals surface area contributed by atoms with Crippen LogP contribution < -0.4 is 0 Å². The molecule has 0 aliphatic heterocycles. The molecule has 0 aliphatic carbocycles. The molecule has 2 rings (SSSR count). The average Bonchev–Trinajstić information content (AvgIpc) is 2.30. The Labute approximate surface area is 74.2 Å². The number of hydrogen-bond donors (Lipinski definition) is 1. The molecule has 0 radical (unpaired) electrons. The minimum Gasteiger partial charge on any atom is -0.359 e. The van der Waals surface area contributed by atoms with Gasteiger partial charge in [-0.15, -0.1) is 0 Å². The number of fused-ring (bicyclic) bond motifs is 1. The Morgan fingerprint density at radius 1 is 1.33 bits per heavy atom. The van der Waals surface area contributed by atoms with Crippen molar-refractivity contribution in [2.45, 2.75) is 6.92 Å². The average molecular weight is 184 g/mol. The molecule has 12 heavy (non-hydrogen) atoms. The maximum absolute atomic E-state index is 12.9. The van der Waals surface area contributed by atoms with Crippen LogP contribution in [-0.4, -0.2) is 4.98 Å². The lowest BCUT2D eigenvalue weighted by Crippen LogP contribution is -1.75. The summed E-state index contributed by atoms with van der Waals surface area (Å²) >= 11 is 5.60. The SMILES string of the molecule is Cc1cc2cc(F)c(Cl)cc2[nH]1. The third-order valence-corrected chi connectivity index (χ3v) is 2.09. The fourth-order valence-electron chi connectivity index (χ4n) is 1.27. The summed E-state index contributed by atoms with van der Waals surface area (Å²) in [6, 6.07) is 4.91. The quantitative estimate of drug-likeness (QED) is 0.645. The second-order valence-corrected chi connectivity index (χ2v) is 3.21. The standard InChI is InChI=1S/C9H7ClFN/c1-5-2-6-3-8(11)7(10)4-9(6)12-5/h2-4,12H,1H3. The Balaban J connectivity index is 2.83. The minimum atomic E-state index is -0.372. The van der Waals surface area contributed by atoms with Crippen molar-refractivity contribution in [3.63, 3.8) is 0 Å². The number of aromatic amines is 1. The monoisotopic (exact) mass is 183 g/mol. The fraction of sp³-hybridized carbons (Fsp3) is 0.111. The van der Waals surface area contributed by atoms with Gasteiger partial charge in [0, 0.05) is 16.6 Å². The summed E-state index contributed by atoms with van der Waals surface area (Å²) in [7, 11) is 0. The van der Waals surface area contributed by atoms with Crippen molar-refractivity contribution in [1.29, 1.82) is 0 Å². The highest BCUT2D eigenvalue weighted by atomic mass is 35.5. The number of aromatic nitrogens is 1. The molecule has 0 bridgehead atoms. The first-order chi connectivity index (χ1) is 5.66. The van der Waals surface area contributed by atoms with E-state index in [0.29, 0.717) is 0 Å². The van der Waals surface area contributed by atoms with Crippen molar-refractivity contribution in [2.75, 3.05) is 0 Å². The molecule has 3 heteroatoms. The summed E-state index contributed by atoms with van der Waals surface area (Å²) in [5.74, 6) is -0.372. The number of hydrogen-bond acceptors (Lipinski definition) is 0. The van der Waals surface area contributed by atoms with Crippen LogP contribution in [0.2, 0.25) is 5.02 Å². The molecule has 0 spiro atoms. The van der Waals surface area contributed by atoms with Crippen LogP contribution in [0.25, 0.3) is 10.9 Å². The van der Waals surface area contributed by atoms with Crippen LogP contribution in [0.4, 0.5) is 4.39 Å². The van der Waals surface area contributed by atoms with Crippen molar-refractivity contribution in [3.8, 4) is 0 Å². The molecule has 1 nitrogen and oxygen atoms in total. The topological polar surface area (TPSA) is 15.8 Å². The van der Waals surface area contributed by atoms with E-state index >= 15 is 0 Å². The lowest BCUT2D eigenvalue weighted by molar-refractivity contribution is 0.630. The van der Waals surface area contributed by atoms with Gasteiger partial charge >= 0.3 is 0 Å². The zero-order valence-electron chi connectivity index (χ0n) is 6.49. The Morgan fingerprint density at radius 3 is 2.83 bits per heavy atom. The van der Waals surface area contributed by atoms with E-state index < -0.39 is 0 Å². The highest BCUT2D eigenvalue weighted by Gasteiger charge is 2.03. The normalized spacial score (nSPS) is 10.9. The van der Waals surface area contributed by atoms with Gasteiger partial charge in [0.15, 0.2) is 0 Å². The first-order valence-corrected chi connectivity index (χ1v) is 3.99. The zero-order chi connectivity index (χ0) is 8.72. The van der Waals surface area contributed by atoms with Crippen LogP contribution in [-0.2, 0) is 0 Å². The predicted octanol–water partition coefficient (Wildman–Crippen LogP) is 3.27. The van der Waals surface area contributed by atoms with Gasteiger partial charge in [-0.05, 0) is 25.1 Å². The fourth-order valence-corrected chi connectivity index (χ4v) is 1.44. The maximum Gasteiger partial charge on any atom is 0.142 e. The number of halogens is 2. The number of H-pyrrole nitrogens is 1. The van der Waals surface area contributed by atoms with E-state index in [4.69, 9.17) is 11.6 Å². The summed E-state index contributed by atoms with van der Waals surface area (Å²) < 4.78 is 12.9. The van der Waals surface area contributed by atoms with Gasteiger partial charge in [-0.1, -0.05) is 11.6 Å². The minimum absolute atomic E-state index is 0.157. The largest absolute Gasteiger partial charge is 0.359 e. The second kappa shape index (κ2) is 2.49. The van der Waals surface area contributed by atoms with Crippen molar-refractivity contribution >= 4 is 22.5 Å². The molecule has 62 valence electrons. The molecule has 0 atom stereocenters. The first-order valence-electron chi connectivity index (χ1n) is 3.61. The molecule has 0 unspecified atom stereocenters. The van der Waals surface area contributed by atoms with E-state index in [2.05, 4.69) is 4.98 Å². The van der Waals surface area contributed by atoms with Crippen LogP contribution in [0.15, 0.2) is 18.2 Å². The number of rotatable bonds is 0. The molecular formula is C9H7ClFN. The predicted molar refractivity (Wildman–Crippen MR) is 48.0 cm³/mol. The van der Waals surface area contributed by atoms with Crippen LogP contribution in [0.1, 0.15) is 5.69 Å². The van der Waals surface area contributed by atoms with Crippen LogP contribution in [0.3, 0.4) is 0 Å². The smallest absolute Gasteiger partial charge is 0.142 e. The molecule has 1 aromatic carbocycles. The van der Waals surface area contributed by atoms with Gasteiger partial charge in [0.2, 0.25) is 0 Å². The van der Waals surface area contributed by atoms with Gasteiger partial charge in [-0.3, -0.25) is 0 Å². The van der Waals surface area contributed by atoms with E-state index in [1.807, 2.05) is 13.0 Å². The third kappa shape index (κ3) is 1.08. The molecule has 0 saturated heterocycles. The zero-order valence-corrected chi connectivity index (χ0v) is 7.24. The molecule has 0 saturated carbocycles. The van der Waals surface area contributed by atoms with Gasteiger partial charge in [-0.2, -0.15) is 0 Å². The highest BCUT2D eigenvalue weighted by molar-refractivity contribution is 6.31. The van der Waals surface area contributed by atoms with Crippen LogP contribution in [0, 0.1) is 12.7 Å². The summed E-state index contributed by atoms with van der Waals surface area (Å²) in [5, 5.41) is 1.01. The molecule has 2 aromatic rings. The summed E-state index contributed by atoms with van der Waals surface area (Å²) in [6.07, 6.45) is 0. The summed E-state index contributed by atoms with van der Waals surface area (Å²) in [6.45, 7) is 1.92. The molecule has 1 aromatic heterocycles. The molecule has 1 heterocycles. The lowest BCUT2D eigenvalue weighted by Gasteiger charge is -1.93. The lowest BCUT2D eigenvalue weighted by atomic mass is 10.2. The van der Waals surface area contributed by atoms with Gasteiger partial charge < -0.3 is 4.98 Å². The Bertz CT molecular complexity index is 394. The van der Waals surface area contributed by atoms with E-state index in [0.717, 1.165) is 16.6 Å². The molecular weight excluding hydrogens is 177 g/mol. The third-order valence-electron chi connectivity index (χ3n) is 1.80. The maximum atomic E-state index is 12.9. The Hall–Kier alpha value is -1.02. The molecule has 0 aliphatic rings. The van der Waals surface area contributed by atoms with Crippen molar-refractivity contribution < 1.29 is 4.39 Å². The van der Waals surface area contributed by atoms with Gasteiger partial charge in [0.05, 0.1) is 5.02 Å². The Kier molecular flexibility index (Phi) is 1.58. The van der Waals surface area contributed by atoms with E-state index in [1.54, 1.807) is 6.07 Å². The van der Waals surface area contributed by atoms with Crippen LogP contribution in [0.5, 0.6) is 0 Å². The van der Waals surface area contributed by atoms with Gasteiger partial charge in [-0.25, -0.2) is 4.39 Å². The highest BCUT2D eigenvalue weighted by Crippen LogP contribution is 2.22. The van der Waals surface area contributed by atoms with Crippen molar-refractivity contribution in [3.05, 3.63) is 34.7 Å². The summed E-state index contributed by atoms with van der Waals surface area (Å²) in [4.78, 5) is 3.08. The van der Waals surface area contributed by atoms with Gasteiger partial charge in [0.25, 0.3) is 0 Å². The summed E-state index contributed by atoms with van der Waals surface area (Å²) in [5.41, 5.74) is 1.88. The van der Waals surface area contributed by atoms with Crippen LogP contribution >= 0.6 is 11.6 Å². The van der Waals surface area contributed by atoms with Gasteiger partial charge in [0.1, 0.15) is 5.82 Å². The number of benzene rings is 1. The molecule has 0 amide bonds. The Morgan fingerprint density at radius 2 is 2.08 bits per heavy atom. The van der Waals surface area contributed by atoms with E-state index in [1.165, 1.54) is 6.07 Å². The molecule has 1 N–H and O–H groups in total. The number of nitrogens with one attached hydrogen (secondary N) is 1. The number of aryl methyl sites for hydroxylation is 1. The second-order valence-electron chi connectivity index (χ2n) is 2.81. The van der Waals surface area contributed by atoms with Crippen molar-refractivity contribution in [2.24, 2.45) is 0 Å². The van der Waals surface area contributed by atoms with E-state index in [9.17, 15) is 4.39 Å².